The summed E-state index contributed by atoms with van der Waals surface area (Å²) in [7, 11) is 0. The molecule has 0 radical (unpaired) electrons. The Morgan fingerprint density at radius 1 is 1.26 bits per heavy atom. The predicted molar refractivity (Wildman–Crippen MR) is 77.5 cm³/mol. The fraction of sp³-hybridized carbons (Fsp3) is 0.375. The number of fused-ring (bicyclic) bond motifs is 1. The Morgan fingerprint density at radius 3 is 2.79 bits per heavy atom. The van der Waals surface area contributed by atoms with Crippen LogP contribution in [-0.4, -0.2) is 22.5 Å². The highest BCUT2D eigenvalue weighted by Crippen LogP contribution is 2.18. The number of benzene rings is 1. The van der Waals surface area contributed by atoms with Gasteiger partial charge in [-0.3, -0.25) is 9.88 Å². The third-order valence-electron chi connectivity index (χ3n) is 3.35. The van der Waals surface area contributed by atoms with Crippen molar-refractivity contribution in [1.82, 2.24) is 9.88 Å². The van der Waals surface area contributed by atoms with Crippen molar-refractivity contribution in [3.8, 4) is 6.07 Å². The first-order valence-electron chi connectivity index (χ1n) is 6.66. The summed E-state index contributed by atoms with van der Waals surface area (Å²) in [4.78, 5) is 6.71. The molecule has 2 rings (SSSR count). The molecule has 0 aliphatic heterocycles. The molecule has 98 valence electrons. The molecular weight excluding hydrogens is 234 g/mol. The minimum Gasteiger partial charge on any atom is -0.296 e. The first-order chi connectivity index (χ1) is 9.22. The minimum atomic E-state index is 0.431. The molecule has 0 fully saturated rings. The number of nitrogens with zero attached hydrogens (tertiary/aromatic N) is 3. The average Bonchev–Trinajstić information content (AvgIpc) is 2.43. The van der Waals surface area contributed by atoms with Gasteiger partial charge in [0.25, 0.3) is 0 Å². The second-order valence-corrected chi connectivity index (χ2v) is 4.96. The molecule has 0 N–H and O–H groups in total. The van der Waals surface area contributed by atoms with E-state index in [1.165, 1.54) is 10.9 Å². The molecule has 3 heteroatoms. The number of rotatable bonds is 5. The van der Waals surface area contributed by atoms with Gasteiger partial charge >= 0.3 is 0 Å². The highest BCUT2D eigenvalue weighted by Gasteiger charge is 2.11. The molecule has 1 aromatic heterocycles. The topological polar surface area (TPSA) is 39.9 Å². The van der Waals surface area contributed by atoms with E-state index >= 15 is 0 Å². The van der Waals surface area contributed by atoms with Gasteiger partial charge in [0.15, 0.2) is 0 Å². The average molecular weight is 253 g/mol. The maximum absolute atomic E-state index is 8.75. The maximum Gasteiger partial charge on any atom is 0.0705 e. The molecule has 0 saturated heterocycles. The fourth-order valence-electron chi connectivity index (χ4n) is 2.23. The summed E-state index contributed by atoms with van der Waals surface area (Å²) in [5.74, 6) is 0. The van der Waals surface area contributed by atoms with Gasteiger partial charge in [-0.15, -0.1) is 0 Å². The molecule has 0 unspecified atom stereocenters. The second kappa shape index (κ2) is 6.31. The Hall–Kier alpha value is -1.92. The molecule has 0 spiro atoms. The van der Waals surface area contributed by atoms with E-state index in [1.807, 2.05) is 24.4 Å². The van der Waals surface area contributed by atoms with Gasteiger partial charge in [0.05, 0.1) is 11.6 Å². The van der Waals surface area contributed by atoms with E-state index in [9.17, 15) is 0 Å². The smallest absolute Gasteiger partial charge is 0.0705 e. The highest BCUT2D eigenvalue weighted by atomic mass is 15.1. The van der Waals surface area contributed by atoms with E-state index in [2.05, 4.69) is 41.9 Å². The van der Waals surface area contributed by atoms with E-state index in [-0.39, 0.29) is 0 Å². The Morgan fingerprint density at radius 2 is 2.05 bits per heavy atom. The first kappa shape index (κ1) is 13.5. The van der Waals surface area contributed by atoms with E-state index in [1.54, 1.807) is 0 Å². The van der Waals surface area contributed by atoms with Gasteiger partial charge in [0.1, 0.15) is 0 Å². The lowest BCUT2D eigenvalue weighted by molar-refractivity contribution is 0.218. The van der Waals surface area contributed by atoms with Gasteiger partial charge < -0.3 is 0 Å². The quantitative estimate of drug-likeness (QED) is 0.820. The number of para-hydroxylation sites is 1. The first-order valence-corrected chi connectivity index (χ1v) is 6.66. The Labute approximate surface area is 114 Å². The van der Waals surface area contributed by atoms with Gasteiger partial charge in [0.2, 0.25) is 0 Å². The van der Waals surface area contributed by atoms with Crippen LogP contribution >= 0.6 is 0 Å². The minimum absolute atomic E-state index is 0.431. The lowest BCUT2D eigenvalue weighted by atomic mass is 10.1. The summed E-state index contributed by atoms with van der Waals surface area (Å²) in [5, 5.41) is 9.95. The van der Waals surface area contributed by atoms with Crippen LogP contribution in [0.2, 0.25) is 0 Å². The van der Waals surface area contributed by atoms with Crippen LogP contribution in [0.4, 0.5) is 0 Å². The summed E-state index contributed by atoms with van der Waals surface area (Å²) in [6, 6.07) is 12.9. The predicted octanol–water partition coefficient (Wildman–Crippen LogP) is 3.36. The third-order valence-corrected chi connectivity index (χ3v) is 3.35. The maximum atomic E-state index is 8.75. The van der Waals surface area contributed by atoms with Crippen LogP contribution in [0.5, 0.6) is 0 Å². The van der Waals surface area contributed by atoms with Crippen LogP contribution in [0.1, 0.15) is 25.8 Å². The van der Waals surface area contributed by atoms with Crippen molar-refractivity contribution in [1.29, 1.82) is 5.26 Å². The van der Waals surface area contributed by atoms with E-state index in [0.717, 1.165) is 18.6 Å². The molecule has 19 heavy (non-hydrogen) atoms. The molecule has 1 heterocycles. The van der Waals surface area contributed by atoms with Crippen molar-refractivity contribution < 1.29 is 0 Å². The van der Waals surface area contributed by atoms with Crippen molar-refractivity contribution in [2.45, 2.75) is 32.9 Å². The van der Waals surface area contributed by atoms with E-state index in [0.29, 0.717) is 12.5 Å². The molecule has 0 bridgehead atoms. The molecule has 3 nitrogen and oxygen atoms in total. The summed E-state index contributed by atoms with van der Waals surface area (Å²) in [6.45, 7) is 6.01. The van der Waals surface area contributed by atoms with Crippen molar-refractivity contribution in [3.05, 3.63) is 42.1 Å². The third kappa shape index (κ3) is 3.30. The molecule has 0 atom stereocenters. The zero-order valence-corrected chi connectivity index (χ0v) is 11.5. The van der Waals surface area contributed by atoms with Crippen LogP contribution in [-0.2, 0) is 6.54 Å². The summed E-state index contributed by atoms with van der Waals surface area (Å²) >= 11 is 0. The highest BCUT2D eigenvalue weighted by molar-refractivity contribution is 5.81. The zero-order chi connectivity index (χ0) is 13.7. The zero-order valence-electron chi connectivity index (χ0n) is 11.5. The Bertz CT molecular complexity index is 579. The molecule has 1 aromatic carbocycles. The lowest BCUT2D eigenvalue weighted by Gasteiger charge is -2.26. The molecule has 0 amide bonds. The lowest BCUT2D eigenvalue weighted by Crippen LogP contribution is -2.31. The summed E-state index contributed by atoms with van der Waals surface area (Å²) in [5.41, 5.74) is 2.31. The number of nitriles is 1. The van der Waals surface area contributed by atoms with Crippen LogP contribution in [0.3, 0.4) is 0 Å². The summed E-state index contributed by atoms with van der Waals surface area (Å²) in [6.07, 6.45) is 2.43. The van der Waals surface area contributed by atoms with Crippen molar-refractivity contribution in [2.75, 3.05) is 6.54 Å². The van der Waals surface area contributed by atoms with Gasteiger partial charge in [-0.1, -0.05) is 18.2 Å². The second-order valence-electron chi connectivity index (χ2n) is 4.96. The van der Waals surface area contributed by atoms with Gasteiger partial charge in [0, 0.05) is 37.1 Å². The largest absolute Gasteiger partial charge is 0.296 e. The molecule has 0 saturated carbocycles. The number of hydrogen-bond donors (Lipinski definition) is 0. The SMILES string of the molecule is CC(C)N(CCC#N)Cc1ccnc2ccccc12. The van der Waals surface area contributed by atoms with Crippen LogP contribution in [0, 0.1) is 11.3 Å². The fourth-order valence-corrected chi connectivity index (χ4v) is 2.23. The number of hydrogen-bond acceptors (Lipinski definition) is 3. The normalized spacial score (nSPS) is 11.1. The number of aromatic nitrogens is 1. The van der Waals surface area contributed by atoms with Gasteiger partial charge in [-0.2, -0.15) is 5.26 Å². The molecule has 2 aromatic rings. The van der Waals surface area contributed by atoms with Crippen LogP contribution < -0.4 is 0 Å². The Kier molecular flexibility index (Phi) is 4.48. The van der Waals surface area contributed by atoms with Gasteiger partial charge in [-0.25, -0.2) is 0 Å². The molecular formula is C16H19N3. The Balaban J connectivity index is 2.26. The van der Waals surface area contributed by atoms with Crippen molar-refractivity contribution in [2.24, 2.45) is 0 Å². The molecule has 0 aliphatic carbocycles. The van der Waals surface area contributed by atoms with Crippen LogP contribution in [0.15, 0.2) is 36.5 Å². The summed E-state index contributed by atoms with van der Waals surface area (Å²) < 4.78 is 0. The van der Waals surface area contributed by atoms with Crippen LogP contribution in [0.25, 0.3) is 10.9 Å². The standard InChI is InChI=1S/C16H19N3/c1-13(2)19(11-5-9-17)12-14-8-10-18-16-7-4-3-6-15(14)16/h3-4,6-8,10,13H,5,11-12H2,1-2H3. The van der Waals surface area contributed by atoms with Crippen molar-refractivity contribution >= 4 is 10.9 Å². The molecule has 0 aliphatic rings. The van der Waals surface area contributed by atoms with Crippen molar-refractivity contribution in [3.63, 3.8) is 0 Å². The van der Waals surface area contributed by atoms with E-state index in [4.69, 9.17) is 5.26 Å². The monoisotopic (exact) mass is 253 g/mol. The van der Waals surface area contributed by atoms with E-state index < -0.39 is 0 Å². The van der Waals surface area contributed by atoms with Gasteiger partial charge in [-0.05, 0) is 31.5 Å². The number of pyridine rings is 1.